The van der Waals surface area contributed by atoms with Gasteiger partial charge in [0.1, 0.15) is 5.82 Å². The van der Waals surface area contributed by atoms with E-state index in [1.54, 1.807) is 0 Å². The summed E-state index contributed by atoms with van der Waals surface area (Å²) < 4.78 is 2.21. The van der Waals surface area contributed by atoms with E-state index in [1.165, 1.54) is 0 Å². The highest BCUT2D eigenvalue weighted by Gasteiger charge is 2.09. The van der Waals surface area contributed by atoms with E-state index in [4.69, 9.17) is 0 Å². The molecule has 0 fully saturated rings. The van der Waals surface area contributed by atoms with Crippen LogP contribution in [0, 0.1) is 18.8 Å². The Hall–Kier alpha value is -0.830. The van der Waals surface area contributed by atoms with E-state index < -0.39 is 0 Å². The molecule has 1 aromatic heterocycles. The van der Waals surface area contributed by atoms with Gasteiger partial charge in [-0.1, -0.05) is 20.8 Å². The van der Waals surface area contributed by atoms with Gasteiger partial charge >= 0.3 is 0 Å². The summed E-state index contributed by atoms with van der Waals surface area (Å²) in [4.78, 5) is 4.24. The fourth-order valence-corrected chi connectivity index (χ4v) is 1.62. The molecule has 1 N–H and O–H groups in total. The largest absolute Gasteiger partial charge is 0.335 e. The number of hydrogen-bond acceptors (Lipinski definition) is 2. The third kappa shape index (κ3) is 3.97. The maximum absolute atomic E-state index is 4.24. The summed E-state index contributed by atoms with van der Waals surface area (Å²) in [5.41, 5.74) is 0. The van der Waals surface area contributed by atoms with Crippen LogP contribution in [0.15, 0.2) is 12.4 Å². The van der Waals surface area contributed by atoms with Gasteiger partial charge in [0.25, 0.3) is 0 Å². The lowest BCUT2D eigenvalue weighted by molar-refractivity contribution is 0.369. The molecule has 2 atom stereocenters. The first kappa shape index (κ1) is 13.2. The van der Waals surface area contributed by atoms with Gasteiger partial charge in [0.2, 0.25) is 0 Å². The summed E-state index contributed by atoms with van der Waals surface area (Å²) in [5, 5.41) is 3.58. The molecule has 0 aromatic carbocycles. The second-order valence-corrected chi connectivity index (χ2v) is 5.17. The summed E-state index contributed by atoms with van der Waals surface area (Å²) in [5.74, 6) is 2.43. The second-order valence-electron chi connectivity index (χ2n) is 5.17. The molecule has 0 saturated carbocycles. The molecular formula is C13H25N3. The number of aryl methyl sites for hydroxylation is 1. The van der Waals surface area contributed by atoms with E-state index in [9.17, 15) is 0 Å². The summed E-state index contributed by atoms with van der Waals surface area (Å²) in [7, 11) is 0. The van der Waals surface area contributed by atoms with Crippen molar-refractivity contribution in [2.24, 2.45) is 11.8 Å². The lowest BCUT2D eigenvalue weighted by Gasteiger charge is -2.21. The Morgan fingerprint density at radius 1 is 1.31 bits per heavy atom. The highest BCUT2D eigenvalue weighted by molar-refractivity contribution is 4.88. The minimum absolute atomic E-state index is 0.589. The number of hydrogen-bond donors (Lipinski definition) is 1. The van der Waals surface area contributed by atoms with Crippen molar-refractivity contribution in [3.63, 3.8) is 0 Å². The topological polar surface area (TPSA) is 29.9 Å². The Bertz CT molecular complexity index is 304. The standard InChI is InChI=1S/C13H25N3/c1-10(2)12(4)15-8-11(3)9-16-7-6-14-13(16)5/h6-7,10-12,15H,8-9H2,1-5H3. The third-order valence-electron chi connectivity index (χ3n) is 3.22. The summed E-state index contributed by atoms with van der Waals surface area (Å²) in [6.07, 6.45) is 3.92. The number of nitrogens with one attached hydrogen (secondary N) is 1. The molecule has 1 aromatic rings. The van der Waals surface area contributed by atoms with Crippen LogP contribution in [0.1, 0.15) is 33.5 Å². The van der Waals surface area contributed by atoms with Gasteiger partial charge < -0.3 is 9.88 Å². The molecule has 0 aliphatic rings. The van der Waals surface area contributed by atoms with E-state index in [1.807, 2.05) is 6.20 Å². The molecule has 16 heavy (non-hydrogen) atoms. The highest BCUT2D eigenvalue weighted by atomic mass is 15.1. The van der Waals surface area contributed by atoms with Gasteiger partial charge in [-0.2, -0.15) is 0 Å². The molecule has 0 amide bonds. The van der Waals surface area contributed by atoms with E-state index in [2.05, 4.69) is 55.7 Å². The molecule has 2 unspecified atom stereocenters. The van der Waals surface area contributed by atoms with Crippen molar-refractivity contribution < 1.29 is 0 Å². The van der Waals surface area contributed by atoms with Crippen LogP contribution in [0.4, 0.5) is 0 Å². The maximum atomic E-state index is 4.24. The lowest BCUT2D eigenvalue weighted by Crippen LogP contribution is -2.35. The Balaban J connectivity index is 2.31. The molecule has 3 nitrogen and oxygen atoms in total. The van der Waals surface area contributed by atoms with Gasteiger partial charge in [0, 0.05) is 25.0 Å². The predicted octanol–water partition coefficient (Wildman–Crippen LogP) is 2.46. The van der Waals surface area contributed by atoms with Crippen molar-refractivity contribution in [2.45, 2.75) is 47.2 Å². The zero-order chi connectivity index (χ0) is 12.1. The molecule has 0 spiro atoms. The molecule has 0 radical (unpaired) electrons. The molecule has 0 saturated heterocycles. The zero-order valence-corrected chi connectivity index (χ0v) is 11.2. The Morgan fingerprint density at radius 3 is 2.50 bits per heavy atom. The number of nitrogens with zero attached hydrogens (tertiary/aromatic N) is 2. The number of imidazole rings is 1. The van der Waals surface area contributed by atoms with Crippen molar-refractivity contribution in [1.29, 1.82) is 0 Å². The predicted molar refractivity (Wildman–Crippen MR) is 68.4 cm³/mol. The molecule has 0 bridgehead atoms. The van der Waals surface area contributed by atoms with Gasteiger partial charge in [-0.05, 0) is 32.2 Å². The normalized spacial score (nSPS) is 15.4. The Kier molecular flexibility index (Phi) is 5.00. The summed E-state index contributed by atoms with van der Waals surface area (Å²) >= 11 is 0. The van der Waals surface area contributed by atoms with Crippen LogP contribution in [-0.2, 0) is 6.54 Å². The molecular weight excluding hydrogens is 198 g/mol. The van der Waals surface area contributed by atoms with Crippen molar-refractivity contribution in [1.82, 2.24) is 14.9 Å². The Labute approximate surface area is 99.3 Å². The highest BCUT2D eigenvalue weighted by Crippen LogP contribution is 2.05. The quantitative estimate of drug-likeness (QED) is 0.803. The van der Waals surface area contributed by atoms with Crippen LogP contribution in [0.2, 0.25) is 0 Å². The van der Waals surface area contributed by atoms with E-state index in [0.717, 1.165) is 18.9 Å². The monoisotopic (exact) mass is 223 g/mol. The summed E-state index contributed by atoms with van der Waals surface area (Å²) in [6, 6.07) is 0.589. The van der Waals surface area contributed by atoms with Crippen LogP contribution in [-0.4, -0.2) is 22.1 Å². The van der Waals surface area contributed by atoms with Gasteiger partial charge in [-0.15, -0.1) is 0 Å². The first-order chi connectivity index (χ1) is 7.50. The fourth-order valence-electron chi connectivity index (χ4n) is 1.62. The first-order valence-corrected chi connectivity index (χ1v) is 6.21. The van der Waals surface area contributed by atoms with Crippen LogP contribution in [0.5, 0.6) is 0 Å². The molecule has 92 valence electrons. The van der Waals surface area contributed by atoms with E-state index in [-0.39, 0.29) is 0 Å². The fraction of sp³-hybridized carbons (Fsp3) is 0.769. The van der Waals surface area contributed by atoms with Gasteiger partial charge in [0.15, 0.2) is 0 Å². The van der Waals surface area contributed by atoms with Crippen molar-refractivity contribution in [2.75, 3.05) is 6.54 Å². The molecule has 0 aliphatic carbocycles. The van der Waals surface area contributed by atoms with Gasteiger partial charge in [-0.25, -0.2) is 4.98 Å². The van der Waals surface area contributed by atoms with Crippen LogP contribution >= 0.6 is 0 Å². The van der Waals surface area contributed by atoms with Crippen molar-refractivity contribution in [3.05, 3.63) is 18.2 Å². The molecule has 1 heterocycles. The SMILES string of the molecule is Cc1nccn1CC(C)CNC(C)C(C)C. The van der Waals surface area contributed by atoms with Crippen molar-refractivity contribution >= 4 is 0 Å². The second kappa shape index (κ2) is 6.04. The molecule has 0 aliphatic heterocycles. The van der Waals surface area contributed by atoms with E-state index >= 15 is 0 Å². The van der Waals surface area contributed by atoms with Crippen LogP contribution in [0.25, 0.3) is 0 Å². The number of rotatable bonds is 6. The van der Waals surface area contributed by atoms with Crippen molar-refractivity contribution in [3.8, 4) is 0 Å². The van der Waals surface area contributed by atoms with Gasteiger partial charge in [0.05, 0.1) is 0 Å². The summed E-state index contributed by atoms with van der Waals surface area (Å²) in [6.45, 7) is 13.2. The minimum Gasteiger partial charge on any atom is -0.335 e. The molecule has 3 heteroatoms. The average Bonchev–Trinajstić information content (AvgIpc) is 2.60. The maximum Gasteiger partial charge on any atom is 0.105 e. The first-order valence-electron chi connectivity index (χ1n) is 6.21. The zero-order valence-electron chi connectivity index (χ0n) is 11.2. The van der Waals surface area contributed by atoms with Crippen LogP contribution < -0.4 is 5.32 Å². The number of aromatic nitrogens is 2. The molecule has 1 rings (SSSR count). The Morgan fingerprint density at radius 2 is 2.00 bits per heavy atom. The minimum atomic E-state index is 0.589. The lowest BCUT2D eigenvalue weighted by atomic mass is 10.1. The van der Waals surface area contributed by atoms with Crippen LogP contribution in [0.3, 0.4) is 0 Å². The van der Waals surface area contributed by atoms with Gasteiger partial charge in [-0.3, -0.25) is 0 Å². The average molecular weight is 223 g/mol. The smallest absolute Gasteiger partial charge is 0.105 e. The third-order valence-corrected chi connectivity index (χ3v) is 3.22. The van der Waals surface area contributed by atoms with E-state index in [0.29, 0.717) is 17.9 Å².